The van der Waals surface area contributed by atoms with Crippen molar-refractivity contribution >= 4 is 47.3 Å². The lowest BCUT2D eigenvalue weighted by Gasteiger charge is -2.25. The van der Waals surface area contributed by atoms with Gasteiger partial charge in [-0.2, -0.15) is 0 Å². The van der Waals surface area contributed by atoms with Gasteiger partial charge >= 0.3 is 0 Å². The van der Waals surface area contributed by atoms with Gasteiger partial charge in [0.1, 0.15) is 24.0 Å². The Kier molecular flexibility index (Phi) is 16.7. The number of guanidine groups is 2. The van der Waals surface area contributed by atoms with Crippen LogP contribution < -0.4 is 55.7 Å². The van der Waals surface area contributed by atoms with Crippen molar-refractivity contribution in [3.63, 3.8) is 0 Å². The Morgan fingerprint density at radius 1 is 0.640 bits per heavy atom. The van der Waals surface area contributed by atoms with Crippen LogP contribution in [0, 0.1) is 5.41 Å². The molecule has 0 fully saturated rings. The fraction of sp³-hybridized carbons (Fsp3) is 0.375. The highest BCUT2D eigenvalue weighted by atomic mass is 16.2. The van der Waals surface area contributed by atoms with E-state index in [1.54, 1.807) is 54.6 Å². The molecule has 5 amide bonds. The summed E-state index contributed by atoms with van der Waals surface area (Å²) in [5.74, 6) is -3.92. The molecule has 50 heavy (non-hydrogen) atoms. The molecule has 18 nitrogen and oxygen atoms in total. The van der Waals surface area contributed by atoms with E-state index in [0.717, 1.165) is 0 Å². The van der Waals surface area contributed by atoms with Crippen LogP contribution in [0.5, 0.6) is 0 Å². The van der Waals surface area contributed by atoms with Crippen LogP contribution >= 0.6 is 0 Å². The van der Waals surface area contributed by atoms with Crippen molar-refractivity contribution in [1.29, 1.82) is 5.41 Å². The van der Waals surface area contributed by atoms with E-state index >= 15 is 0 Å². The van der Waals surface area contributed by atoms with Gasteiger partial charge in [0.05, 0.1) is 12.8 Å². The first-order valence-electron chi connectivity index (χ1n) is 15.8. The Balaban J connectivity index is 2.21. The molecule has 2 rings (SSSR count). The van der Waals surface area contributed by atoms with Crippen molar-refractivity contribution in [3.05, 3.63) is 71.3 Å². The SMILES string of the molecule is N=C(N)c1ccc(CNC(=O)[C@H](CCCN=C(N)N)NC(=O)[C@H](CC(N)=O)NC(=O)[C@H](CCCN=C(N)N)NC(=O)Cc2ccccc2)cc1. The van der Waals surface area contributed by atoms with E-state index in [4.69, 9.17) is 39.8 Å². The maximum Gasteiger partial charge on any atom is 0.243 e. The molecule has 0 heterocycles. The Hall–Kier alpha value is -6.20. The van der Waals surface area contributed by atoms with E-state index < -0.39 is 54.1 Å². The Morgan fingerprint density at radius 3 is 1.68 bits per heavy atom. The van der Waals surface area contributed by atoms with Crippen molar-refractivity contribution in [3.8, 4) is 0 Å². The van der Waals surface area contributed by atoms with Gasteiger partial charge in [-0.3, -0.25) is 39.4 Å². The summed E-state index contributed by atoms with van der Waals surface area (Å²) in [6.07, 6.45) is 0.170. The van der Waals surface area contributed by atoms with Crippen LogP contribution in [-0.2, 0) is 36.9 Å². The van der Waals surface area contributed by atoms with Crippen LogP contribution in [0.1, 0.15) is 48.8 Å². The van der Waals surface area contributed by atoms with Gasteiger partial charge in [0.15, 0.2) is 11.9 Å². The molecular weight excluding hydrogens is 646 g/mol. The summed E-state index contributed by atoms with van der Waals surface area (Å²) >= 11 is 0. The molecule has 18 heteroatoms. The lowest BCUT2D eigenvalue weighted by Crippen LogP contribution is -2.57. The average molecular weight is 694 g/mol. The molecule has 0 aromatic heterocycles. The third-order valence-electron chi connectivity index (χ3n) is 7.15. The maximum atomic E-state index is 13.5. The number of benzene rings is 2. The Morgan fingerprint density at radius 2 is 1.16 bits per heavy atom. The number of nitrogens with one attached hydrogen (secondary N) is 5. The number of nitrogens with two attached hydrogens (primary N) is 6. The summed E-state index contributed by atoms with van der Waals surface area (Å²) in [7, 11) is 0. The van der Waals surface area contributed by atoms with Gasteiger partial charge in [-0.25, -0.2) is 0 Å². The number of nitrogens with zero attached hydrogens (tertiary/aromatic N) is 2. The zero-order valence-electron chi connectivity index (χ0n) is 27.7. The van der Waals surface area contributed by atoms with Gasteiger partial charge in [0.2, 0.25) is 29.5 Å². The first-order valence-corrected chi connectivity index (χ1v) is 15.8. The normalized spacial score (nSPS) is 12.2. The standard InChI is InChI=1S/C32H47N13O5/c33-25(46)17-24(45-29(49)23(9-5-15-41-32(38)39)43-26(47)16-19-6-2-1-3-7-19)30(50)44-22(8-4-14-40-31(36)37)28(48)42-18-20-10-12-21(13-11-20)27(34)35/h1-3,6-7,10-13,22-24H,4-5,8-9,14-18H2,(H2,33,46)(H3,34,35)(H,42,48)(H,43,47)(H,44,50)(H,45,49)(H4,36,37,40)(H4,38,39,41)/t22-,23-,24-/m0/s1. The van der Waals surface area contributed by atoms with Crippen molar-refractivity contribution in [2.45, 2.75) is 63.2 Å². The quantitative estimate of drug-likeness (QED) is 0.0364. The number of hydrogen-bond donors (Lipinski definition) is 11. The van der Waals surface area contributed by atoms with E-state index in [1.807, 2.05) is 0 Å². The summed E-state index contributed by atoms with van der Waals surface area (Å²) in [4.78, 5) is 72.9. The molecule has 0 unspecified atom stereocenters. The minimum absolute atomic E-state index is 0.0127. The lowest BCUT2D eigenvalue weighted by molar-refractivity contribution is -0.135. The zero-order chi connectivity index (χ0) is 37.1. The fourth-order valence-electron chi connectivity index (χ4n) is 4.64. The first kappa shape index (κ1) is 40.0. The molecule has 0 saturated carbocycles. The van der Waals surface area contributed by atoms with E-state index in [2.05, 4.69) is 31.3 Å². The molecule has 2 aromatic carbocycles. The molecule has 0 aliphatic heterocycles. The molecule has 3 atom stereocenters. The molecule has 0 bridgehead atoms. The van der Waals surface area contributed by atoms with E-state index in [1.165, 1.54) is 0 Å². The second-order valence-electron chi connectivity index (χ2n) is 11.3. The van der Waals surface area contributed by atoms with Crippen LogP contribution in [0.25, 0.3) is 0 Å². The van der Waals surface area contributed by atoms with Crippen LogP contribution in [0.4, 0.5) is 0 Å². The van der Waals surface area contributed by atoms with Crippen molar-refractivity contribution in [2.24, 2.45) is 44.4 Å². The third-order valence-corrected chi connectivity index (χ3v) is 7.15. The van der Waals surface area contributed by atoms with Crippen molar-refractivity contribution in [2.75, 3.05) is 13.1 Å². The number of nitrogen functional groups attached to an aromatic ring is 1. The van der Waals surface area contributed by atoms with E-state index in [0.29, 0.717) is 29.5 Å². The maximum absolute atomic E-state index is 13.5. The number of amides is 5. The number of amidine groups is 1. The molecular formula is C32H47N13O5. The second-order valence-corrected chi connectivity index (χ2v) is 11.3. The van der Waals surface area contributed by atoms with Gasteiger partial charge in [0, 0.05) is 25.2 Å². The largest absolute Gasteiger partial charge is 0.384 e. The fourth-order valence-corrected chi connectivity index (χ4v) is 4.64. The highest BCUT2D eigenvalue weighted by Gasteiger charge is 2.30. The summed E-state index contributed by atoms with van der Waals surface area (Å²) in [5, 5.41) is 18.0. The van der Waals surface area contributed by atoms with Gasteiger partial charge < -0.3 is 55.7 Å². The zero-order valence-corrected chi connectivity index (χ0v) is 27.7. The predicted octanol–water partition coefficient (Wildman–Crippen LogP) is -2.73. The monoisotopic (exact) mass is 693 g/mol. The lowest BCUT2D eigenvalue weighted by atomic mass is 10.1. The van der Waals surface area contributed by atoms with Gasteiger partial charge in [-0.15, -0.1) is 0 Å². The molecule has 17 N–H and O–H groups in total. The summed E-state index contributed by atoms with van der Waals surface area (Å²) in [6.45, 7) is 0.423. The minimum atomic E-state index is -1.49. The van der Waals surface area contributed by atoms with Crippen molar-refractivity contribution < 1.29 is 24.0 Å². The molecule has 0 aliphatic rings. The predicted molar refractivity (Wildman–Crippen MR) is 189 cm³/mol. The summed E-state index contributed by atoms with van der Waals surface area (Å²) < 4.78 is 0. The van der Waals surface area contributed by atoms with Crippen LogP contribution in [-0.4, -0.2) is 78.5 Å². The van der Waals surface area contributed by atoms with Crippen LogP contribution in [0.15, 0.2) is 64.6 Å². The number of carbonyl (C=O) groups excluding carboxylic acids is 5. The van der Waals surface area contributed by atoms with Crippen LogP contribution in [0.3, 0.4) is 0 Å². The van der Waals surface area contributed by atoms with Gasteiger partial charge in [0.25, 0.3) is 0 Å². The highest BCUT2D eigenvalue weighted by Crippen LogP contribution is 2.08. The molecule has 0 radical (unpaired) electrons. The first-order chi connectivity index (χ1) is 23.7. The topological polar surface area (TPSA) is 338 Å². The van der Waals surface area contributed by atoms with E-state index in [9.17, 15) is 24.0 Å². The number of carbonyl (C=O) groups is 5. The molecule has 2 aromatic rings. The number of hydrogen-bond acceptors (Lipinski definition) is 8. The van der Waals surface area contributed by atoms with E-state index in [-0.39, 0.29) is 56.7 Å². The molecule has 0 aliphatic carbocycles. The minimum Gasteiger partial charge on any atom is -0.384 e. The van der Waals surface area contributed by atoms with Gasteiger partial charge in [-0.05, 0) is 36.8 Å². The Bertz CT molecular complexity index is 1520. The second kappa shape index (κ2) is 20.9. The number of rotatable bonds is 21. The van der Waals surface area contributed by atoms with Crippen molar-refractivity contribution in [1.82, 2.24) is 21.3 Å². The molecule has 0 spiro atoms. The number of primary amides is 1. The molecule has 270 valence electrons. The highest BCUT2D eigenvalue weighted by molar-refractivity contribution is 5.97. The summed E-state index contributed by atoms with van der Waals surface area (Å²) in [6, 6.07) is 11.8. The third kappa shape index (κ3) is 15.6. The summed E-state index contributed by atoms with van der Waals surface area (Å²) in [5.41, 5.74) is 34.4. The Labute approximate surface area is 289 Å². The smallest absolute Gasteiger partial charge is 0.243 e. The van der Waals surface area contributed by atoms with Crippen LogP contribution in [0.2, 0.25) is 0 Å². The number of aliphatic imine (C=N–C) groups is 2. The van der Waals surface area contributed by atoms with Gasteiger partial charge in [-0.1, -0.05) is 54.6 Å². The molecule has 0 saturated heterocycles. The average Bonchev–Trinajstić information content (AvgIpc) is 3.06.